The Morgan fingerprint density at radius 3 is 2.71 bits per heavy atom. The molecule has 1 rings (SSSR count). The first-order valence-corrected chi connectivity index (χ1v) is 4.30. The van der Waals surface area contributed by atoms with Crippen LogP contribution < -0.4 is 5.73 Å². The normalized spacial score (nSPS) is 21.4. The van der Waals surface area contributed by atoms with Crippen LogP contribution in [0.15, 0.2) is 12.3 Å². The van der Waals surface area contributed by atoms with E-state index in [0.717, 1.165) is 18.8 Å². The summed E-state index contributed by atoms with van der Waals surface area (Å²) in [6, 6.07) is 0. The van der Waals surface area contributed by atoms with Gasteiger partial charge in [-0.1, -0.05) is 0 Å². The van der Waals surface area contributed by atoms with Crippen LogP contribution in [0.25, 0.3) is 0 Å². The van der Waals surface area contributed by atoms with Gasteiger partial charge in [-0.15, -0.1) is 0 Å². The Hall–Kier alpha value is -1.65. The van der Waals surface area contributed by atoms with Gasteiger partial charge in [0.15, 0.2) is 0 Å². The number of nitrogens with two attached hydrogens (primary N) is 1. The topological polar surface area (TPSA) is 86.5 Å². The van der Waals surface area contributed by atoms with Crippen molar-refractivity contribution in [1.82, 2.24) is 0 Å². The molecule has 5 nitrogen and oxygen atoms in total. The van der Waals surface area contributed by atoms with Crippen molar-refractivity contribution < 1.29 is 19.1 Å². The quantitative estimate of drug-likeness (QED) is 0.296. The van der Waals surface area contributed by atoms with Gasteiger partial charge in [0.1, 0.15) is 11.7 Å². The lowest BCUT2D eigenvalue weighted by molar-refractivity contribution is -0.145. The van der Waals surface area contributed by atoms with Gasteiger partial charge >= 0.3 is 5.97 Å². The van der Waals surface area contributed by atoms with Crippen molar-refractivity contribution in [2.24, 2.45) is 11.7 Å². The van der Waals surface area contributed by atoms with Crippen molar-refractivity contribution in [1.29, 1.82) is 0 Å². The third-order valence-electron chi connectivity index (χ3n) is 2.01. The molecule has 1 amide bonds. The molecule has 0 unspecified atom stereocenters. The minimum Gasteiger partial charge on any atom is -0.434 e. The lowest BCUT2D eigenvalue weighted by Gasteiger charge is -2.03. The van der Waals surface area contributed by atoms with Gasteiger partial charge in [0.05, 0.1) is 6.26 Å². The second-order valence-electron chi connectivity index (χ2n) is 3.05. The van der Waals surface area contributed by atoms with Gasteiger partial charge in [0, 0.05) is 12.5 Å². The fraction of sp³-hybridized carbons (Fsp3) is 0.444. The molecule has 76 valence electrons. The van der Waals surface area contributed by atoms with Gasteiger partial charge in [-0.05, 0) is 12.8 Å². The van der Waals surface area contributed by atoms with Gasteiger partial charge in [-0.25, -0.2) is 0 Å². The molecule has 0 heterocycles. The van der Waals surface area contributed by atoms with Crippen molar-refractivity contribution in [2.45, 2.75) is 19.3 Å². The number of rotatable bonds is 3. The van der Waals surface area contributed by atoms with Gasteiger partial charge in [0.2, 0.25) is 5.91 Å². The number of hydrogen-bond donors (Lipinski definition) is 1. The van der Waals surface area contributed by atoms with Crippen LogP contribution in [0, 0.1) is 5.92 Å². The summed E-state index contributed by atoms with van der Waals surface area (Å²) >= 11 is 0. The summed E-state index contributed by atoms with van der Waals surface area (Å²) in [5, 5.41) is 0. The lowest BCUT2D eigenvalue weighted by atomic mass is 10.1. The van der Waals surface area contributed by atoms with Crippen LogP contribution in [0.3, 0.4) is 0 Å². The second kappa shape index (κ2) is 4.55. The van der Waals surface area contributed by atoms with Crippen LogP contribution in [0.2, 0.25) is 0 Å². The maximum absolute atomic E-state index is 11.2. The summed E-state index contributed by atoms with van der Waals surface area (Å²) in [5.74, 6) is -2.06. The van der Waals surface area contributed by atoms with Gasteiger partial charge < -0.3 is 10.5 Å². The molecule has 0 aliphatic heterocycles. The van der Waals surface area contributed by atoms with Crippen molar-refractivity contribution >= 4 is 17.7 Å². The Kier molecular flexibility index (Phi) is 3.39. The summed E-state index contributed by atoms with van der Waals surface area (Å²) in [5.41, 5.74) is 4.78. The van der Waals surface area contributed by atoms with E-state index in [-0.39, 0.29) is 5.78 Å². The molecule has 2 N–H and O–H groups in total. The van der Waals surface area contributed by atoms with Crippen molar-refractivity contribution in [3.63, 3.8) is 0 Å². The Morgan fingerprint density at radius 2 is 2.21 bits per heavy atom. The van der Waals surface area contributed by atoms with E-state index in [9.17, 15) is 14.4 Å². The first-order valence-electron chi connectivity index (χ1n) is 4.30. The number of primary amides is 1. The zero-order valence-corrected chi connectivity index (χ0v) is 7.56. The molecule has 5 heteroatoms. The minimum absolute atomic E-state index is 0.0949. The summed E-state index contributed by atoms with van der Waals surface area (Å²) in [6.45, 7) is 0. The van der Waals surface area contributed by atoms with Crippen LogP contribution in [0.5, 0.6) is 0 Å². The molecular formula is C9H11NO4. The third kappa shape index (κ3) is 2.69. The van der Waals surface area contributed by atoms with E-state index in [1.807, 2.05) is 0 Å². The Bertz CT molecular complexity index is 295. The number of hydrogen-bond acceptors (Lipinski definition) is 4. The Labute approximate surface area is 80.9 Å². The van der Waals surface area contributed by atoms with E-state index >= 15 is 0 Å². The zero-order chi connectivity index (χ0) is 10.6. The van der Waals surface area contributed by atoms with Crippen LogP contribution in [0.4, 0.5) is 0 Å². The molecule has 0 spiro atoms. The smallest absolute Gasteiger partial charge is 0.321 e. The van der Waals surface area contributed by atoms with Crippen molar-refractivity contribution in [3.05, 3.63) is 12.3 Å². The standard InChI is InChI=1S/C9H11NO4/c10-8(12)4-5-14-9(13)6-2-1-3-7(6)11/h4-6H,1-3H2,(H2,10,12)/b5-4+/t6-/m0/s1. The number of ketones is 1. The van der Waals surface area contributed by atoms with E-state index in [2.05, 4.69) is 4.74 Å². The number of esters is 1. The maximum Gasteiger partial charge on any atom is 0.321 e. The molecular weight excluding hydrogens is 186 g/mol. The fourth-order valence-electron chi connectivity index (χ4n) is 1.32. The molecule has 1 saturated carbocycles. The molecule has 14 heavy (non-hydrogen) atoms. The number of ether oxygens (including phenoxy) is 1. The molecule has 1 fully saturated rings. The largest absolute Gasteiger partial charge is 0.434 e. The number of carbonyl (C=O) groups is 3. The number of Topliss-reactive ketones (excluding diaryl/α,β-unsaturated/α-hetero) is 1. The van der Waals surface area contributed by atoms with E-state index in [1.54, 1.807) is 0 Å². The number of amides is 1. The van der Waals surface area contributed by atoms with Gasteiger partial charge in [-0.2, -0.15) is 0 Å². The molecule has 0 aromatic carbocycles. The first-order chi connectivity index (χ1) is 6.61. The maximum atomic E-state index is 11.2. The van der Waals surface area contributed by atoms with Crippen LogP contribution in [0.1, 0.15) is 19.3 Å². The van der Waals surface area contributed by atoms with Crippen molar-refractivity contribution in [3.8, 4) is 0 Å². The highest BCUT2D eigenvalue weighted by Crippen LogP contribution is 2.22. The molecule has 1 aliphatic carbocycles. The Balaban J connectivity index is 2.42. The predicted molar refractivity (Wildman–Crippen MR) is 46.8 cm³/mol. The summed E-state index contributed by atoms with van der Waals surface area (Å²) in [6.07, 6.45) is 3.52. The van der Waals surface area contributed by atoms with Crippen LogP contribution in [-0.2, 0) is 19.1 Å². The SMILES string of the molecule is NC(=O)/C=C/OC(=O)[C@H]1CCCC1=O. The monoisotopic (exact) mass is 197 g/mol. The highest BCUT2D eigenvalue weighted by molar-refractivity contribution is 6.00. The highest BCUT2D eigenvalue weighted by atomic mass is 16.5. The van der Waals surface area contributed by atoms with E-state index in [0.29, 0.717) is 12.8 Å². The van der Waals surface area contributed by atoms with E-state index in [4.69, 9.17) is 5.73 Å². The third-order valence-corrected chi connectivity index (χ3v) is 2.01. The molecule has 1 atom stereocenters. The van der Waals surface area contributed by atoms with Gasteiger partial charge in [0.25, 0.3) is 0 Å². The van der Waals surface area contributed by atoms with E-state index < -0.39 is 17.8 Å². The van der Waals surface area contributed by atoms with Crippen LogP contribution >= 0.6 is 0 Å². The molecule has 1 aliphatic rings. The summed E-state index contributed by atoms with van der Waals surface area (Å²) < 4.78 is 4.57. The molecule has 0 aromatic rings. The van der Waals surface area contributed by atoms with Crippen molar-refractivity contribution in [2.75, 3.05) is 0 Å². The van der Waals surface area contributed by atoms with Crippen LogP contribution in [-0.4, -0.2) is 17.7 Å². The average molecular weight is 197 g/mol. The minimum atomic E-state index is -0.699. The zero-order valence-electron chi connectivity index (χ0n) is 7.56. The second-order valence-corrected chi connectivity index (χ2v) is 3.05. The summed E-state index contributed by atoms with van der Waals surface area (Å²) in [4.78, 5) is 32.5. The molecule has 0 radical (unpaired) electrons. The average Bonchev–Trinajstić information content (AvgIpc) is 2.50. The summed E-state index contributed by atoms with van der Waals surface area (Å²) in [7, 11) is 0. The van der Waals surface area contributed by atoms with Gasteiger partial charge in [-0.3, -0.25) is 14.4 Å². The lowest BCUT2D eigenvalue weighted by Crippen LogP contribution is -2.19. The molecule has 0 aromatic heterocycles. The predicted octanol–water partition coefficient (Wildman–Crippen LogP) is -0.102. The molecule has 0 bridgehead atoms. The molecule has 0 saturated heterocycles. The Morgan fingerprint density at radius 1 is 1.50 bits per heavy atom. The highest BCUT2D eigenvalue weighted by Gasteiger charge is 2.31. The number of carbonyl (C=O) groups excluding carboxylic acids is 3. The van der Waals surface area contributed by atoms with E-state index in [1.165, 1.54) is 0 Å². The first kappa shape index (κ1) is 10.4. The fourth-order valence-corrected chi connectivity index (χ4v) is 1.32.